The SMILES string of the molecule is C=CC=CC.CP(C)c1cc2ccccc2[cH-]1.CP(C)c1cc2ccccc2[cH-]1.[Ti+2]. The first-order chi connectivity index (χ1) is 14.0. The number of hydrogen-bond donors (Lipinski definition) is 0. The molecule has 0 atom stereocenters. The van der Waals surface area contributed by atoms with Crippen LogP contribution in [-0.4, -0.2) is 26.7 Å². The van der Waals surface area contributed by atoms with E-state index in [9.17, 15) is 0 Å². The monoisotopic (exact) mass is 466 g/mol. The van der Waals surface area contributed by atoms with E-state index in [4.69, 9.17) is 0 Å². The normalized spacial score (nSPS) is 10.5. The third kappa shape index (κ3) is 8.09. The van der Waals surface area contributed by atoms with E-state index in [2.05, 4.69) is 106 Å². The third-order valence-corrected chi connectivity index (χ3v) is 7.15. The van der Waals surface area contributed by atoms with Crippen molar-refractivity contribution in [1.82, 2.24) is 0 Å². The number of hydrogen-bond acceptors (Lipinski definition) is 0. The van der Waals surface area contributed by atoms with Crippen LogP contribution in [0.5, 0.6) is 0 Å². The Morgan fingerprint density at radius 1 is 0.733 bits per heavy atom. The van der Waals surface area contributed by atoms with E-state index in [1.54, 1.807) is 6.08 Å². The van der Waals surface area contributed by atoms with Gasteiger partial charge in [0.05, 0.1) is 0 Å². The van der Waals surface area contributed by atoms with Crippen LogP contribution in [0.3, 0.4) is 0 Å². The summed E-state index contributed by atoms with van der Waals surface area (Å²) < 4.78 is 0. The molecule has 0 unspecified atom stereocenters. The Morgan fingerprint density at radius 2 is 1.13 bits per heavy atom. The van der Waals surface area contributed by atoms with Crippen LogP contribution in [0.25, 0.3) is 21.5 Å². The molecule has 0 radical (unpaired) electrons. The molecular formula is C27H32P2Ti. The fourth-order valence-electron chi connectivity index (χ4n) is 2.92. The molecule has 0 heterocycles. The van der Waals surface area contributed by atoms with Crippen molar-refractivity contribution in [2.75, 3.05) is 26.7 Å². The van der Waals surface area contributed by atoms with Crippen molar-refractivity contribution < 1.29 is 21.7 Å². The van der Waals surface area contributed by atoms with Crippen molar-refractivity contribution in [3.05, 3.63) is 97.6 Å². The molecule has 3 heteroatoms. The molecule has 0 saturated carbocycles. The van der Waals surface area contributed by atoms with E-state index in [1.165, 1.54) is 32.2 Å². The molecule has 0 aliphatic heterocycles. The van der Waals surface area contributed by atoms with Gasteiger partial charge in [-0.15, -0.1) is 96.5 Å². The van der Waals surface area contributed by atoms with Crippen molar-refractivity contribution in [3.63, 3.8) is 0 Å². The van der Waals surface area contributed by atoms with E-state index >= 15 is 0 Å². The van der Waals surface area contributed by atoms with Crippen molar-refractivity contribution in [3.8, 4) is 0 Å². The van der Waals surface area contributed by atoms with Gasteiger partial charge in [0.1, 0.15) is 0 Å². The molecule has 0 aliphatic carbocycles. The molecule has 4 rings (SSSR count). The average Bonchev–Trinajstić information content (AvgIpc) is 3.34. The van der Waals surface area contributed by atoms with Crippen LogP contribution in [0.4, 0.5) is 0 Å². The van der Waals surface area contributed by atoms with Crippen molar-refractivity contribution in [1.29, 1.82) is 0 Å². The molecule has 0 amide bonds. The summed E-state index contributed by atoms with van der Waals surface area (Å²) in [5, 5.41) is 8.53. The minimum Gasteiger partial charge on any atom is -0.161 e. The second-order valence-corrected chi connectivity index (χ2v) is 11.8. The Morgan fingerprint density at radius 3 is 1.40 bits per heavy atom. The van der Waals surface area contributed by atoms with Gasteiger partial charge in [-0.2, -0.15) is 12.1 Å². The number of benzene rings is 2. The predicted molar refractivity (Wildman–Crippen MR) is 141 cm³/mol. The molecule has 4 aromatic rings. The first kappa shape index (κ1) is 26.7. The van der Waals surface area contributed by atoms with E-state index in [0.29, 0.717) is 0 Å². The maximum absolute atomic E-state index is 3.46. The van der Waals surface area contributed by atoms with Gasteiger partial charge in [-0.1, -0.05) is 36.9 Å². The summed E-state index contributed by atoms with van der Waals surface area (Å²) in [6.45, 7) is 14.6. The van der Waals surface area contributed by atoms with Gasteiger partial charge in [-0.3, -0.25) is 0 Å². The fraction of sp³-hybridized carbons (Fsp3) is 0.185. The average molecular weight is 466 g/mol. The van der Waals surface area contributed by atoms with E-state index < -0.39 is 0 Å². The molecule has 0 aliphatic rings. The third-order valence-electron chi connectivity index (χ3n) is 4.57. The molecule has 154 valence electrons. The standard InChI is InChI=1S/2C11H12P.C5H8.Ti/c2*1-12(2)11-7-9-5-3-4-6-10(9)8-11;1-3-5-4-2;/h2*3-8H,1-2H3;3-5H,1H2,2H3;/q2*-1;;+2. The number of allylic oxidation sites excluding steroid dienone is 3. The predicted octanol–water partition coefficient (Wildman–Crippen LogP) is 7.60. The molecule has 0 aromatic heterocycles. The van der Waals surface area contributed by atoms with Gasteiger partial charge >= 0.3 is 21.7 Å². The Balaban J connectivity index is 0.000000241. The first-order valence-corrected chi connectivity index (χ1v) is 14.3. The quantitative estimate of drug-likeness (QED) is 0.126. The molecule has 0 bridgehead atoms. The molecule has 0 nitrogen and oxygen atoms in total. The van der Waals surface area contributed by atoms with E-state index in [1.807, 2.05) is 19.1 Å². The van der Waals surface area contributed by atoms with Gasteiger partial charge in [-0.05, 0) is 33.6 Å². The second kappa shape index (κ2) is 13.9. The van der Waals surface area contributed by atoms with Gasteiger partial charge in [0.25, 0.3) is 0 Å². The van der Waals surface area contributed by atoms with Gasteiger partial charge in [0, 0.05) is 0 Å². The molecule has 0 fully saturated rings. The van der Waals surface area contributed by atoms with Crippen LogP contribution in [0.2, 0.25) is 0 Å². The summed E-state index contributed by atoms with van der Waals surface area (Å²) >= 11 is 0. The molecule has 0 saturated heterocycles. The van der Waals surface area contributed by atoms with Gasteiger partial charge in [0.15, 0.2) is 0 Å². The Bertz CT molecular complexity index is 907. The van der Waals surface area contributed by atoms with Gasteiger partial charge < -0.3 is 0 Å². The van der Waals surface area contributed by atoms with Crippen LogP contribution in [0.15, 0.2) is 97.6 Å². The maximum Gasteiger partial charge on any atom is 2.00 e. The fourth-order valence-corrected chi connectivity index (χ4v) is 4.51. The Kier molecular flexibility index (Phi) is 12.4. The number of fused-ring (bicyclic) bond motifs is 2. The van der Waals surface area contributed by atoms with Crippen LogP contribution in [0, 0.1) is 0 Å². The summed E-state index contributed by atoms with van der Waals surface area (Å²) in [6, 6.07) is 26.3. The van der Waals surface area contributed by atoms with Crippen LogP contribution in [0.1, 0.15) is 6.92 Å². The zero-order valence-electron chi connectivity index (χ0n) is 18.8. The smallest absolute Gasteiger partial charge is 0.161 e. The van der Waals surface area contributed by atoms with Crippen LogP contribution < -0.4 is 10.6 Å². The molecule has 30 heavy (non-hydrogen) atoms. The largest absolute Gasteiger partial charge is 2.00 e. The summed E-state index contributed by atoms with van der Waals surface area (Å²) in [6.07, 6.45) is 5.58. The molecule has 4 aromatic carbocycles. The Hall–Kier alpha value is -1.29. The summed E-state index contributed by atoms with van der Waals surface area (Å²) in [5.41, 5.74) is 0. The molecular weight excluding hydrogens is 434 g/mol. The van der Waals surface area contributed by atoms with Crippen LogP contribution >= 0.6 is 15.8 Å². The number of rotatable bonds is 3. The van der Waals surface area contributed by atoms with E-state index in [0.717, 1.165) is 0 Å². The minimum atomic E-state index is 0. The molecule has 0 spiro atoms. The summed E-state index contributed by atoms with van der Waals surface area (Å²) in [4.78, 5) is 0. The van der Waals surface area contributed by atoms with Crippen molar-refractivity contribution in [2.45, 2.75) is 6.92 Å². The van der Waals surface area contributed by atoms with Gasteiger partial charge in [0.2, 0.25) is 0 Å². The Labute approximate surface area is 200 Å². The minimum absolute atomic E-state index is 0. The second-order valence-electron chi connectivity index (χ2n) is 7.24. The van der Waals surface area contributed by atoms with E-state index in [-0.39, 0.29) is 37.6 Å². The summed E-state index contributed by atoms with van der Waals surface area (Å²) in [7, 11) is 0.115. The zero-order valence-corrected chi connectivity index (χ0v) is 22.1. The molecule has 0 N–H and O–H groups in total. The van der Waals surface area contributed by atoms with Gasteiger partial charge in [-0.25, -0.2) is 0 Å². The van der Waals surface area contributed by atoms with Crippen LogP contribution in [-0.2, 0) is 21.7 Å². The first-order valence-electron chi connectivity index (χ1n) is 9.85. The maximum atomic E-state index is 3.46. The van der Waals surface area contributed by atoms with Crippen molar-refractivity contribution in [2.24, 2.45) is 0 Å². The topological polar surface area (TPSA) is 0 Å². The zero-order chi connectivity index (χ0) is 21.2. The summed E-state index contributed by atoms with van der Waals surface area (Å²) in [5.74, 6) is 0. The van der Waals surface area contributed by atoms with Crippen molar-refractivity contribution >= 4 is 48.0 Å².